The molecule has 0 bridgehead atoms. The molecule has 0 aromatic heterocycles. The van der Waals surface area contributed by atoms with Crippen LogP contribution in [0.3, 0.4) is 0 Å². The van der Waals surface area contributed by atoms with Crippen molar-refractivity contribution < 1.29 is 23.5 Å². The highest BCUT2D eigenvalue weighted by atomic mass is 16.5. The molecule has 0 amide bonds. The second-order valence-corrected chi connectivity index (χ2v) is 20.6. The smallest absolute Gasteiger partial charge is 0.305 e. The number of hydrogen-bond acceptors (Lipinski definition) is 4. The van der Waals surface area contributed by atoms with Gasteiger partial charge in [-0.1, -0.05) is 203 Å². The molecule has 0 rings (SSSR count). The maximum atomic E-state index is 13.2. The predicted octanol–water partition coefficient (Wildman–Crippen LogP) is 18.6. The first-order valence-electron chi connectivity index (χ1n) is 28.2. The Labute approximate surface area is 411 Å². The first-order chi connectivity index (χ1) is 32.2. The predicted molar refractivity (Wildman–Crippen MR) is 290 cm³/mol. The normalized spacial score (nSPS) is 12.8. The molecule has 5 nitrogen and oxygen atoms in total. The summed E-state index contributed by atoms with van der Waals surface area (Å²) in [5, 5.41) is 0. The summed E-state index contributed by atoms with van der Waals surface area (Å²) in [4.78, 5) is 26.3. The van der Waals surface area contributed by atoms with Gasteiger partial charge < -0.3 is 14.0 Å². The van der Waals surface area contributed by atoms with Crippen molar-refractivity contribution in [2.24, 2.45) is 5.41 Å². The molecule has 0 saturated carbocycles. The second kappa shape index (κ2) is 48.8. The maximum absolute atomic E-state index is 13.2. The number of allylic oxidation sites excluding steroid dienone is 12. The molecule has 0 radical (unpaired) electrons. The average Bonchev–Trinajstić information content (AvgIpc) is 3.29. The lowest BCUT2D eigenvalue weighted by Gasteiger charge is -2.38. The van der Waals surface area contributed by atoms with Crippen LogP contribution in [0.1, 0.15) is 258 Å². The molecule has 0 atom stereocenters. The van der Waals surface area contributed by atoms with Gasteiger partial charge in [0.15, 0.2) is 0 Å². The van der Waals surface area contributed by atoms with Crippen molar-refractivity contribution >= 4 is 11.9 Å². The van der Waals surface area contributed by atoms with Gasteiger partial charge in [-0.2, -0.15) is 0 Å². The molecule has 0 aliphatic rings. The number of ether oxygens (including phenoxy) is 2. The number of unbranched alkanes of at least 4 members (excludes halogenated alkanes) is 25. The zero-order chi connectivity index (χ0) is 48.3. The largest absolute Gasteiger partial charge is 0.465 e. The van der Waals surface area contributed by atoms with Crippen molar-refractivity contribution in [3.05, 3.63) is 72.9 Å². The summed E-state index contributed by atoms with van der Waals surface area (Å²) in [6.07, 6.45) is 69.7. The Morgan fingerprint density at radius 1 is 0.364 bits per heavy atom. The van der Waals surface area contributed by atoms with Crippen LogP contribution in [-0.2, 0) is 19.1 Å². The Balaban J connectivity index is 4.91. The fourth-order valence-electron chi connectivity index (χ4n) is 8.62. The molecule has 0 spiro atoms. The van der Waals surface area contributed by atoms with E-state index in [1.165, 1.54) is 128 Å². The number of hydrogen-bond donors (Lipinski definition) is 0. The maximum Gasteiger partial charge on any atom is 0.305 e. The van der Waals surface area contributed by atoms with Crippen LogP contribution < -0.4 is 0 Å². The van der Waals surface area contributed by atoms with Gasteiger partial charge in [0.2, 0.25) is 0 Å². The molecule has 5 heteroatoms. The Morgan fingerprint density at radius 3 is 0.939 bits per heavy atom. The molecule has 0 aliphatic heterocycles. The van der Waals surface area contributed by atoms with Crippen LogP contribution in [0.25, 0.3) is 0 Å². The molecule has 0 fully saturated rings. The average molecular weight is 922 g/mol. The Morgan fingerprint density at radius 2 is 0.636 bits per heavy atom. The summed E-state index contributed by atoms with van der Waals surface area (Å²) in [5.41, 5.74) is -0.393. The fraction of sp³-hybridized carbons (Fsp3) is 0.770. The molecule has 66 heavy (non-hydrogen) atoms. The molecular weight excluding hydrogens is 811 g/mol. The monoisotopic (exact) mass is 921 g/mol. The highest BCUT2D eigenvalue weighted by Crippen LogP contribution is 2.30. The molecule has 0 aromatic rings. The molecule has 0 aromatic carbocycles. The van der Waals surface area contributed by atoms with Gasteiger partial charge in [-0.3, -0.25) is 9.59 Å². The highest BCUT2D eigenvalue weighted by Gasteiger charge is 2.39. The Kier molecular flexibility index (Phi) is 46.8. The minimum absolute atomic E-state index is 0.111. The van der Waals surface area contributed by atoms with Crippen LogP contribution in [-0.4, -0.2) is 57.3 Å². The summed E-state index contributed by atoms with van der Waals surface area (Å²) >= 11 is 0. The number of rotatable bonds is 49. The molecule has 0 heterocycles. The summed E-state index contributed by atoms with van der Waals surface area (Å²) in [6.45, 7) is 8.19. The van der Waals surface area contributed by atoms with Crippen molar-refractivity contribution in [1.29, 1.82) is 0 Å². The van der Waals surface area contributed by atoms with Gasteiger partial charge in [0, 0.05) is 12.8 Å². The van der Waals surface area contributed by atoms with Crippen LogP contribution in [0.5, 0.6) is 0 Å². The van der Waals surface area contributed by atoms with Gasteiger partial charge in [0.05, 0.1) is 33.1 Å². The van der Waals surface area contributed by atoms with Gasteiger partial charge in [0.25, 0.3) is 0 Å². The molecule has 0 aliphatic carbocycles. The van der Waals surface area contributed by atoms with Gasteiger partial charge in [-0.25, -0.2) is 0 Å². The third kappa shape index (κ3) is 47.8. The van der Waals surface area contributed by atoms with E-state index in [0.717, 1.165) is 107 Å². The number of carbonyl (C=O) groups is 2. The van der Waals surface area contributed by atoms with E-state index in [1.54, 1.807) is 0 Å². The first-order valence-corrected chi connectivity index (χ1v) is 28.2. The van der Waals surface area contributed by atoms with Gasteiger partial charge in [-0.15, -0.1) is 0 Å². The lowest BCUT2D eigenvalue weighted by Crippen LogP contribution is -2.50. The van der Waals surface area contributed by atoms with E-state index in [9.17, 15) is 9.59 Å². The molecule has 0 unspecified atom stereocenters. The van der Waals surface area contributed by atoms with Gasteiger partial charge in [0.1, 0.15) is 13.2 Å². The summed E-state index contributed by atoms with van der Waals surface area (Å²) in [7, 11) is 6.59. The third-order valence-electron chi connectivity index (χ3n) is 12.5. The number of esters is 2. The number of nitrogens with zero attached hydrogens (tertiary/aromatic N) is 1. The van der Waals surface area contributed by atoms with Crippen molar-refractivity contribution in [2.45, 2.75) is 258 Å². The lowest BCUT2D eigenvalue weighted by molar-refractivity contribution is -0.877. The lowest BCUT2D eigenvalue weighted by atomic mass is 9.82. The zero-order valence-corrected chi connectivity index (χ0v) is 44.8. The number of quaternary nitrogens is 1. The fourth-order valence-corrected chi connectivity index (χ4v) is 8.62. The van der Waals surface area contributed by atoms with Crippen LogP contribution in [0.4, 0.5) is 0 Å². The van der Waals surface area contributed by atoms with E-state index in [2.05, 4.69) is 115 Å². The third-order valence-corrected chi connectivity index (χ3v) is 12.5. The quantitative estimate of drug-likeness (QED) is 0.0264. The van der Waals surface area contributed by atoms with Gasteiger partial charge in [-0.05, 0) is 116 Å². The van der Waals surface area contributed by atoms with E-state index in [-0.39, 0.29) is 11.9 Å². The van der Waals surface area contributed by atoms with Crippen LogP contribution in [0, 0.1) is 5.41 Å². The van der Waals surface area contributed by atoms with E-state index in [1.807, 2.05) is 0 Å². The second-order valence-electron chi connectivity index (χ2n) is 20.6. The minimum Gasteiger partial charge on any atom is -0.465 e. The van der Waals surface area contributed by atoms with Crippen molar-refractivity contribution in [2.75, 3.05) is 40.9 Å². The van der Waals surface area contributed by atoms with Crippen molar-refractivity contribution in [3.63, 3.8) is 0 Å². The van der Waals surface area contributed by atoms with E-state index < -0.39 is 5.41 Å². The van der Waals surface area contributed by atoms with Crippen LogP contribution in [0.15, 0.2) is 72.9 Å². The van der Waals surface area contributed by atoms with Crippen molar-refractivity contribution in [3.8, 4) is 0 Å². The molecule has 0 N–H and O–H groups in total. The Hall–Kier alpha value is -2.66. The van der Waals surface area contributed by atoms with Crippen LogP contribution in [0.2, 0.25) is 0 Å². The van der Waals surface area contributed by atoms with Crippen molar-refractivity contribution in [1.82, 2.24) is 0 Å². The topological polar surface area (TPSA) is 52.6 Å². The minimum atomic E-state index is -0.393. The zero-order valence-electron chi connectivity index (χ0n) is 44.8. The standard InChI is InChI=1S/C61H110NO4/c1-7-10-13-16-19-22-25-28-31-34-37-40-43-46-49-52-55-61(56-62(4,5)6,57-65-59(63)53-50-47-44-41-38-35-32-29-26-23-20-17-14-11-8-2)58-66-60(64)54-51-48-45-42-39-36-33-30-27-24-21-18-15-12-9-3/h19-24,28-33H,7-18,25-27,34-58H2,1-6H3/q+1/b22-19-,23-20-,24-21-,31-28-,32-29-,33-30-. The van der Waals surface area contributed by atoms with Gasteiger partial charge >= 0.3 is 11.9 Å². The number of carbonyl (C=O) groups excluding carboxylic acids is 2. The van der Waals surface area contributed by atoms with E-state index in [0.29, 0.717) is 26.1 Å². The summed E-state index contributed by atoms with van der Waals surface area (Å²) < 4.78 is 12.9. The first kappa shape index (κ1) is 63.3. The molecule has 382 valence electrons. The highest BCUT2D eigenvalue weighted by molar-refractivity contribution is 5.69. The van der Waals surface area contributed by atoms with E-state index >= 15 is 0 Å². The Bertz CT molecular complexity index is 1190. The van der Waals surface area contributed by atoms with Crippen LogP contribution >= 0.6 is 0 Å². The van der Waals surface area contributed by atoms with E-state index in [4.69, 9.17) is 9.47 Å². The molecular formula is C61H110NO4+. The summed E-state index contributed by atoms with van der Waals surface area (Å²) in [5.74, 6) is -0.222. The SMILES string of the molecule is CCCCC/C=C\C/C=C\CCCCCCCCC(COC(=O)CCCCCCC/C=C\C/C=C\CCCCC)(COC(=O)CCCCCCC/C=C\C/C=C\CCCCC)C[N+](C)(C)C. The summed E-state index contributed by atoms with van der Waals surface area (Å²) in [6, 6.07) is 0. The molecule has 0 saturated heterocycles.